The second-order valence-electron chi connectivity index (χ2n) is 9.22. The number of sulfonamides is 1. The van der Waals surface area contributed by atoms with Gasteiger partial charge in [0.2, 0.25) is 15.9 Å². The van der Waals surface area contributed by atoms with E-state index < -0.39 is 15.6 Å². The largest absolute Gasteiger partial charge is 0.444 e. The second-order valence-corrected chi connectivity index (χ2v) is 11.5. The van der Waals surface area contributed by atoms with E-state index in [9.17, 15) is 18.0 Å². The molecule has 0 aromatic carbocycles. The van der Waals surface area contributed by atoms with Crippen molar-refractivity contribution in [3.8, 4) is 0 Å². The number of hydrogen-bond donors (Lipinski definition) is 1. The fraction of sp³-hybridized carbons (Fsp3) is 0.667. The summed E-state index contributed by atoms with van der Waals surface area (Å²) in [6, 6.07) is 2.97. The standard InChI is InChI=1S/C21H31ClN4O5S/c1-21(2,3)31-20(28)25-11-8-16(9-12-25)24-19(27)15-6-13-26(14-7-15)32(29,30)17-5-4-10-23-18(17)22/h4-5,10,15-16H,6-9,11-14H2,1-3H3,(H,24,27). The minimum atomic E-state index is -3.74. The molecule has 3 rings (SSSR count). The molecular weight excluding hydrogens is 456 g/mol. The average Bonchev–Trinajstić information content (AvgIpc) is 2.73. The molecule has 2 aliphatic heterocycles. The highest BCUT2D eigenvalue weighted by atomic mass is 35.5. The highest BCUT2D eigenvalue weighted by Crippen LogP contribution is 2.27. The SMILES string of the molecule is CC(C)(C)OC(=O)N1CCC(NC(=O)C2CCN(S(=O)(=O)c3cccnc3Cl)CC2)CC1. The van der Waals surface area contributed by atoms with Crippen molar-refractivity contribution < 1.29 is 22.7 Å². The van der Waals surface area contributed by atoms with Crippen molar-refractivity contribution in [3.63, 3.8) is 0 Å². The van der Waals surface area contributed by atoms with E-state index in [4.69, 9.17) is 16.3 Å². The summed E-state index contributed by atoms with van der Waals surface area (Å²) in [7, 11) is -3.74. The zero-order valence-electron chi connectivity index (χ0n) is 18.7. The Morgan fingerprint density at radius 1 is 1.12 bits per heavy atom. The highest BCUT2D eigenvalue weighted by Gasteiger charge is 2.34. The number of carbonyl (C=O) groups excluding carboxylic acids is 2. The van der Waals surface area contributed by atoms with Crippen molar-refractivity contribution in [2.45, 2.75) is 63.0 Å². The van der Waals surface area contributed by atoms with Gasteiger partial charge in [0.1, 0.15) is 15.6 Å². The summed E-state index contributed by atoms with van der Waals surface area (Å²) in [5.74, 6) is -0.299. The number of nitrogens with one attached hydrogen (secondary N) is 1. The Morgan fingerprint density at radius 2 is 1.75 bits per heavy atom. The molecule has 0 radical (unpaired) electrons. The van der Waals surface area contributed by atoms with Crippen molar-refractivity contribution in [2.75, 3.05) is 26.2 Å². The summed E-state index contributed by atoms with van der Waals surface area (Å²) < 4.78 is 32.4. The summed E-state index contributed by atoms with van der Waals surface area (Å²) in [4.78, 5) is 30.4. The lowest BCUT2D eigenvalue weighted by Crippen LogP contribution is -2.50. The van der Waals surface area contributed by atoms with E-state index >= 15 is 0 Å². The lowest BCUT2D eigenvalue weighted by molar-refractivity contribution is -0.127. The van der Waals surface area contributed by atoms with Crippen LogP contribution in [-0.2, 0) is 19.6 Å². The molecule has 2 aliphatic rings. The average molecular weight is 487 g/mol. The van der Waals surface area contributed by atoms with E-state index in [2.05, 4.69) is 10.3 Å². The Balaban J connectivity index is 1.46. The molecule has 0 unspecified atom stereocenters. The lowest BCUT2D eigenvalue weighted by atomic mass is 9.96. The molecule has 2 amide bonds. The minimum absolute atomic E-state index is 0.00264. The Bertz CT molecular complexity index is 934. The topological polar surface area (TPSA) is 109 Å². The third kappa shape index (κ3) is 6.11. The van der Waals surface area contributed by atoms with Gasteiger partial charge in [-0.1, -0.05) is 11.6 Å². The first-order valence-electron chi connectivity index (χ1n) is 10.9. The number of nitrogens with zero attached hydrogens (tertiary/aromatic N) is 3. The monoisotopic (exact) mass is 486 g/mol. The van der Waals surface area contributed by atoms with E-state index in [-0.39, 0.29) is 47.1 Å². The Hall–Kier alpha value is -1.91. The van der Waals surface area contributed by atoms with Crippen LogP contribution in [0.5, 0.6) is 0 Å². The van der Waals surface area contributed by atoms with Crippen LogP contribution in [0.4, 0.5) is 4.79 Å². The van der Waals surface area contributed by atoms with Crippen LogP contribution in [0.2, 0.25) is 5.15 Å². The molecule has 0 spiro atoms. The molecule has 1 N–H and O–H groups in total. The fourth-order valence-corrected chi connectivity index (χ4v) is 5.81. The third-order valence-electron chi connectivity index (χ3n) is 5.66. The van der Waals surface area contributed by atoms with Crippen LogP contribution in [0, 0.1) is 5.92 Å². The molecule has 32 heavy (non-hydrogen) atoms. The van der Waals surface area contributed by atoms with Gasteiger partial charge in [-0.3, -0.25) is 4.79 Å². The predicted molar refractivity (Wildman–Crippen MR) is 120 cm³/mol. The summed E-state index contributed by atoms with van der Waals surface area (Å²) in [6.07, 6.45) is 3.33. The maximum atomic E-state index is 12.8. The molecule has 0 aliphatic carbocycles. The first-order chi connectivity index (χ1) is 15.0. The molecular formula is C21H31ClN4O5S. The zero-order chi connectivity index (χ0) is 23.5. The van der Waals surface area contributed by atoms with E-state index in [1.165, 1.54) is 22.6 Å². The van der Waals surface area contributed by atoms with E-state index in [0.717, 1.165) is 0 Å². The van der Waals surface area contributed by atoms with Crippen LogP contribution in [0.25, 0.3) is 0 Å². The molecule has 1 aromatic rings. The maximum absolute atomic E-state index is 12.8. The molecule has 2 saturated heterocycles. The van der Waals surface area contributed by atoms with Crippen molar-refractivity contribution in [1.82, 2.24) is 19.5 Å². The van der Waals surface area contributed by atoms with E-state index in [1.54, 1.807) is 4.90 Å². The molecule has 0 bridgehead atoms. The van der Waals surface area contributed by atoms with Gasteiger partial charge in [-0.05, 0) is 58.6 Å². The normalized spacial score (nSPS) is 19.6. The highest BCUT2D eigenvalue weighted by molar-refractivity contribution is 7.89. The summed E-state index contributed by atoms with van der Waals surface area (Å²) in [5, 5.41) is 3.02. The third-order valence-corrected chi connectivity index (χ3v) is 8.00. The second kappa shape index (κ2) is 9.93. The van der Waals surface area contributed by atoms with Crippen LogP contribution < -0.4 is 5.32 Å². The molecule has 11 heteroatoms. The summed E-state index contributed by atoms with van der Waals surface area (Å²) >= 11 is 5.96. The Kier molecular flexibility index (Phi) is 7.67. The molecule has 2 fully saturated rings. The van der Waals surface area contributed by atoms with Crippen molar-refractivity contribution in [1.29, 1.82) is 0 Å². The van der Waals surface area contributed by atoms with Gasteiger partial charge in [-0.2, -0.15) is 4.31 Å². The molecule has 178 valence electrons. The molecule has 3 heterocycles. The first kappa shape index (κ1) is 24.7. The summed E-state index contributed by atoms with van der Waals surface area (Å²) in [5.41, 5.74) is -0.535. The van der Waals surface area contributed by atoms with Gasteiger partial charge >= 0.3 is 6.09 Å². The number of halogens is 1. The number of amides is 2. The van der Waals surface area contributed by atoms with Crippen LogP contribution in [0.3, 0.4) is 0 Å². The zero-order valence-corrected chi connectivity index (χ0v) is 20.3. The number of ether oxygens (including phenoxy) is 1. The number of hydrogen-bond acceptors (Lipinski definition) is 6. The number of aromatic nitrogens is 1. The lowest BCUT2D eigenvalue weighted by Gasteiger charge is -2.35. The number of carbonyl (C=O) groups is 2. The first-order valence-corrected chi connectivity index (χ1v) is 12.7. The maximum Gasteiger partial charge on any atom is 0.410 e. The fourth-order valence-electron chi connectivity index (χ4n) is 3.91. The van der Waals surface area contributed by atoms with Crippen LogP contribution >= 0.6 is 11.6 Å². The quantitative estimate of drug-likeness (QED) is 0.655. The van der Waals surface area contributed by atoms with Gasteiger partial charge in [0.25, 0.3) is 0 Å². The molecule has 0 atom stereocenters. The molecule has 0 saturated carbocycles. The van der Waals surface area contributed by atoms with Crippen molar-refractivity contribution in [3.05, 3.63) is 23.5 Å². The summed E-state index contributed by atoms with van der Waals surface area (Å²) in [6.45, 7) is 7.07. The predicted octanol–water partition coefficient (Wildman–Crippen LogP) is 2.65. The van der Waals surface area contributed by atoms with Gasteiger partial charge < -0.3 is 15.0 Å². The van der Waals surface area contributed by atoms with Crippen LogP contribution in [-0.4, -0.2) is 72.4 Å². The number of likely N-dealkylation sites (tertiary alicyclic amines) is 1. The Morgan fingerprint density at radius 3 is 2.31 bits per heavy atom. The molecule has 1 aromatic heterocycles. The van der Waals surface area contributed by atoms with Gasteiger partial charge in [-0.25, -0.2) is 18.2 Å². The van der Waals surface area contributed by atoms with E-state index in [1.807, 2.05) is 20.8 Å². The van der Waals surface area contributed by atoms with Crippen LogP contribution in [0.15, 0.2) is 23.2 Å². The van der Waals surface area contributed by atoms with Gasteiger partial charge in [0.05, 0.1) is 0 Å². The van der Waals surface area contributed by atoms with Gasteiger partial charge in [0, 0.05) is 44.3 Å². The Labute approximate surface area is 194 Å². The smallest absolute Gasteiger partial charge is 0.410 e. The van der Waals surface area contributed by atoms with Gasteiger partial charge in [0.15, 0.2) is 0 Å². The number of piperidine rings is 2. The van der Waals surface area contributed by atoms with E-state index in [0.29, 0.717) is 38.8 Å². The number of rotatable bonds is 4. The van der Waals surface area contributed by atoms with Crippen molar-refractivity contribution in [2.24, 2.45) is 5.92 Å². The van der Waals surface area contributed by atoms with Gasteiger partial charge in [-0.15, -0.1) is 0 Å². The number of pyridine rings is 1. The minimum Gasteiger partial charge on any atom is -0.444 e. The van der Waals surface area contributed by atoms with Crippen molar-refractivity contribution >= 4 is 33.6 Å². The molecule has 9 nitrogen and oxygen atoms in total. The van der Waals surface area contributed by atoms with Crippen LogP contribution in [0.1, 0.15) is 46.5 Å².